The van der Waals surface area contributed by atoms with Crippen molar-refractivity contribution in [2.24, 2.45) is 0 Å². The van der Waals surface area contributed by atoms with Crippen LogP contribution < -0.4 is 5.32 Å². The molecule has 0 bridgehead atoms. The molecule has 2 heterocycles. The summed E-state index contributed by atoms with van der Waals surface area (Å²) in [6.07, 6.45) is 3.35. The number of aromatic nitrogens is 3. The number of anilines is 1. The van der Waals surface area contributed by atoms with Gasteiger partial charge < -0.3 is 9.73 Å². The molecule has 0 radical (unpaired) electrons. The Kier molecular flexibility index (Phi) is 6.10. The third-order valence-corrected chi connectivity index (χ3v) is 5.36. The summed E-state index contributed by atoms with van der Waals surface area (Å²) < 4.78 is 7.31. The third-order valence-electron chi connectivity index (χ3n) is 4.39. The standard InChI is InChI=1S/C23H20N4O2S/c1-2-14-27-22(20-13-8-15-29-20)25-26-23(27)30-16-21(28)24-19-12-7-6-11-18(19)17-9-4-3-5-10-17/h2-13,15H,1,14,16H2,(H,24,28). The summed E-state index contributed by atoms with van der Waals surface area (Å²) in [5.41, 5.74) is 2.80. The van der Waals surface area contributed by atoms with Crippen LogP contribution in [-0.2, 0) is 11.3 Å². The molecule has 0 saturated heterocycles. The molecule has 0 atom stereocenters. The van der Waals surface area contributed by atoms with Gasteiger partial charge in [0.15, 0.2) is 10.9 Å². The summed E-state index contributed by atoms with van der Waals surface area (Å²) in [4.78, 5) is 12.6. The number of hydrogen-bond acceptors (Lipinski definition) is 5. The first-order valence-corrected chi connectivity index (χ1v) is 10.4. The van der Waals surface area contributed by atoms with Gasteiger partial charge in [-0.05, 0) is 23.8 Å². The van der Waals surface area contributed by atoms with Crippen molar-refractivity contribution in [2.75, 3.05) is 11.1 Å². The van der Waals surface area contributed by atoms with Gasteiger partial charge in [-0.2, -0.15) is 0 Å². The van der Waals surface area contributed by atoms with Crippen LogP contribution in [0.3, 0.4) is 0 Å². The maximum Gasteiger partial charge on any atom is 0.234 e. The van der Waals surface area contributed by atoms with Gasteiger partial charge in [-0.3, -0.25) is 9.36 Å². The molecule has 2 aromatic heterocycles. The summed E-state index contributed by atoms with van der Waals surface area (Å²) in [6.45, 7) is 4.31. The number of nitrogens with zero attached hydrogens (tertiary/aromatic N) is 3. The van der Waals surface area contributed by atoms with E-state index < -0.39 is 0 Å². The second-order valence-electron chi connectivity index (χ2n) is 6.43. The lowest BCUT2D eigenvalue weighted by atomic mass is 10.0. The minimum atomic E-state index is -0.115. The Balaban J connectivity index is 1.47. The van der Waals surface area contributed by atoms with Gasteiger partial charge in [0, 0.05) is 17.8 Å². The molecule has 0 unspecified atom stereocenters. The van der Waals surface area contributed by atoms with Crippen LogP contribution in [0, 0.1) is 0 Å². The Morgan fingerprint density at radius 2 is 1.87 bits per heavy atom. The van der Waals surface area contributed by atoms with Crippen molar-refractivity contribution in [3.63, 3.8) is 0 Å². The molecular formula is C23H20N4O2S. The van der Waals surface area contributed by atoms with E-state index in [1.807, 2.05) is 65.2 Å². The van der Waals surface area contributed by atoms with Crippen LogP contribution in [0.5, 0.6) is 0 Å². The molecule has 0 fully saturated rings. The minimum absolute atomic E-state index is 0.115. The van der Waals surface area contributed by atoms with Gasteiger partial charge in [-0.25, -0.2) is 0 Å². The Morgan fingerprint density at radius 3 is 2.63 bits per heavy atom. The fraction of sp³-hybridized carbons (Fsp3) is 0.0870. The second kappa shape index (κ2) is 9.28. The number of benzene rings is 2. The zero-order valence-electron chi connectivity index (χ0n) is 16.2. The van der Waals surface area contributed by atoms with Crippen molar-refractivity contribution in [1.29, 1.82) is 0 Å². The van der Waals surface area contributed by atoms with Crippen LogP contribution in [0.4, 0.5) is 5.69 Å². The van der Waals surface area contributed by atoms with E-state index in [1.165, 1.54) is 11.8 Å². The fourth-order valence-electron chi connectivity index (χ4n) is 3.06. The highest BCUT2D eigenvalue weighted by Crippen LogP contribution is 2.28. The monoisotopic (exact) mass is 416 g/mol. The van der Waals surface area contributed by atoms with Gasteiger partial charge in [0.05, 0.1) is 12.0 Å². The van der Waals surface area contributed by atoms with E-state index in [2.05, 4.69) is 22.1 Å². The van der Waals surface area contributed by atoms with Crippen LogP contribution in [0.1, 0.15) is 0 Å². The second-order valence-corrected chi connectivity index (χ2v) is 7.37. The molecule has 0 aliphatic carbocycles. The number of allylic oxidation sites excluding steroid dienone is 1. The lowest BCUT2D eigenvalue weighted by Gasteiger charge is -2.11. The molecule has 1 N–H and O–H groups in total. The summed E-state index contributed by atoms with van der Waals surface area (Å²) in [5, 5.41) is 12.1. The van der Waals surface area contributed by atoms with Gasteiger partial charge in [-0.15, -0.1) is 16.8 Å². The zero-order valence-corrected chi connectivity index (χ0v) is 17.0. The molecule has 0 aliphatic heterocycles. The Labute approximate surface area is 178 Å². The Bertz CT molecular complexity index is 1140. The highest BCUT2D eigenvalue weighted by Gasteiger charge is 2.17. The molecule has 4 aromatic rings. The van der Waals surface area contributed by atoms with Crippen LogP contribution in [0.25, 0.3) is 22.7 Å². The van der Waals surface area contributed by atoms with E-state index >= 15 is 0 Å². The summed E-state index contributed by atoms with van der Waals surface area (Å²) in [5.74, 6) is 1.32. The minimum Gasteiger partial charge on any atom is -0.461 e. The van der Waals surface area contributed by atoms with Crippen LogP contribution in [0.2, 0.25) is 0 Å². The number of furan rings is 1. The smallest absolute Gasteiger partial charge is 0.234 e. The van der Waals surface area contributed by atoms with Gasteiger partial charge in [-0.1, -0.05) is 66.4 Å². The van der Waals surface area contributed by atoms with E-state index in [0.29, 0.717) is 23.3 Å². The average Bonchev–Trinajstić information content (AvgIpc) is 3.44. The number of rotatable bonds is 8. The summed E-state index contributed by atoms with van der Waals surface area (Å²) >= 11 is 1.32. The molecule has 0 spiro atoms. The third kappa shape index (κ3) is 4.36. The normalized spacial score (nSPS) is 10.7. The lowest BCUT2D eigenvalue weighted by molar-refractivity contribution is -0.113. The van der Waals surface area contributed by atoms with Crippen molar-refractivity contribution in [2.45, 2.75) is 11.7 Å². The number of para-hydroxylation sites is 1. The zero-order chi connectivity index (χ0) is 20.8. The molecule has 1 amide bonds. The lowest BCUT2D eigenvalue weighted by Crippen LogP contribution is -2.15. The first-order chi connectivity index (χ1) is 14.8. The number of carbonyl (C=O) groups is 1. The molecule has 4 rings (SSSR count). The van der Waals surface area contributed by atoms with Crippen molar-refractivity contribution in [3.8, 4) is 22.7 Å². The molecule has 2 aromatic carbocycles. The molecule has 0 saturated carbocycles. The molecule has 0 aliphatic rings. The van der Waals surface area contributed by atoms with Gasteiger partial charge >= 0.3 is 0 Å². The van der Waals surface area contributed by atoms with Crippen LogP contribution in [0.15, 0.2) is 95.2 Å². The van der Waals surface area contributed by atoms with Crippen molar-refractivity contribution in [1.82, 2.24) is 14.8 Å². The fourth-order valence-corrected chi connectivity index (χ4v) is 3.80. The topological polar surface area (TPSA) is 73.0 Å². The van der Waals surface area contributed by atoms with Gasteiger partial charge in [0.25, 0.3) is 0 Å². The SMILES string of the molecule is C=CCn1c(SCC(=O)Nc2ccccc2-c2ccccc2)nnc1-c1ccco1. The summed E-state index contributed by atoms with van der Waals surface area (Å²) in [6, 6.07) is 21.4. The number of nitrogens with one attached hydrogen (secondary N) is 1. The number of hydrogen-bond donors (Lipinski definition) is 1. The van der Waals surface area contributed by atoms with Gasteiger partial charge in [0.1, 0.15) is 0 Å². The average molecular weight is 417 g/mol. The van der Waals surface area contributed by atoms with E-state index in [9.17, 15) is 4.79 Å². The predicted octanol–water partition coefficient (Wildman–Crippen LogP) is 5.12. The molecule has 150 valence electrons. The van der Waals surface area contributed by atoms with Crippen molar-refractivity contribution < 1.29 is 9.21 Å². The Hall–Kier alpha value is -3.58. The maximum absolute atomic E-state index is 12.6. The molecule has 30 heavy (non-hydrogen) atoms. The quantitative estimate of drug-likeness (QED) is 0.319. The van der Waals surface area contributed by atoms with E-state index in [4.69, 9.17) is 4.42 Å². The first-order valence-electron chi connectivity index (χ1n) is 9.41. The molecule has 7 heteroatoms. The van der Waals surface area contributed by atoms with Gasteiger partial charge in [0.2, 0.25) is 11.7 Å². The Morgan fingerprint density at radius 1 is 1.07 bits per heavy atom. The summed E-state index contributed by atoms with van der Waals surface area (Å²) in [7, 11) is 0. The van der Waals surface area contributed by atoms with Crippen LogP contribution in [-0.4, -0.2) is 26.4 Å². The van der Waals surface area contributed by atoms with Crippen LogP contribution >= 0.6 is 11.8 Å². The largest absolute Gasteiger partial charge is 0.461 e. The molecular weight excluding hydrogens is 396 g/mol. The molecule has 6 nitrogen and oxygen atoms in total. The number of amides is 1. The van der Waals surface area contributed by atoms with E-state index in [-0.39, 0.29) is 11.7 Å². The number of carbonyl (C=O) groups excluding carboxylic acids is 1. The van der Waals surface area contributed by atoms with Crippen molar-refractivity contribution in [3.05, 3.63) is 85.6 Å². The maximum atomic E-state index is 12.6. The highest BCUT2D eigenvalue weighted by atomic mass is 32.2. The number of thioether (sulfide) groups is 1. The van der Waals surface area contributed by atoms with Crippen molar-refractivity contribution >= 4 is 23.4 Å². The first kappa shape index (κ1) is 19.7. The predicted molar refractivity (Wildman–Crippen MR) is 119 cm³/mol. The highest BCUT2D eigenvalue weighted by molar-refractivity contribution is 7.99. The van der Waals surface area contributed by atoms with E-state index in [0.717, 1.165) is 16.8 Å². The van der Waals surface area contributed by atoms with E-state index in [1.54, 1.807) is 18.4 Å².